The number of piperidine rings is 1. The SMILES string of the molecule is CCN1C2C[C@@H]2[C@@H](CN)C1C(C)(C)C. The predicted molar refractivity (Wildman–Crippen MR) is 60.1 cm³/mol. The second-order valence-corrected chi connectivity index (χ2v) is 6.01. The molecule has 0 radical (unpaired) electrons. The first-order valence-electron chi connectivity index (χ1n) is 5.96. The molecule has 0 aromatic heterocycles. The molecule has 1 saturated carbocycles. The molecule has 1 saturated heterocycles. The van der Waals surface area contributed by atoms with Gasteiger partial charge in [-0.25, -0.2) is 0 Å². The Morgan fingerprint density at radius 1 is 1.36 bits per heavy atom. The molecule has 2 rings (SSSR count). The van der Waals surface area contributed by atoms with Gasteiger partial charge in [0, 0.05) is 12.1 Å². The molecule has 2 fully saturated rings. The third-order valence-electron chi connectivity index (χ3n) is 4.07. The van der Waals surface area contributed by atoms with Crippen LogP contribution in [0.2, 0.25) is 0 Å². The number of nitrogens with zero attached hydrogens (tertiary/aromatic N) is 1. The smallest absolute Gasteiger partial charge is 0.0190 e. The fourth-order valence-electron chi connectivity index (χ4n) is 3.60. The van der Waals surface area contributed by atoms with Crippen molar-refractivity contribution < 1.29 is 0 Å². The summed E-state index contributed by atoms with van der Waals surface area (Å²) >= 11 is 0. The Morgan fingerprint density at radius 2 is 2.00 bits per heavy atom. The molecule has 1 heterocycles. The van der Waals surface area contributed by atoms with E-state index in [2.05, 4.69) is 32.6 Å². The molecule has 2 unspecified atom stereocenters. The van der Waals surface area contributed by atoms with Gasteiger partial charge >= 0.3 is 0 Å². The van der Waals surface area contributed by atoms with Gasteiger partial charge in [0.15, 0.2) is 0 Å². The van der Waals surface area contributed by atoms with Gasteiger partial charge in [0.2, 0.25) is 0 Å². The summed E-state index contributed by atoms with van der Waals surface area (Å²) in [5.41, 5.74) is 6.31. The molecule has 82 valence electrons. The fraction of sp³-hybridized carbons (Fsp3) is 1.00. The van der Waals surface area contributed by atoms with Crippen molar-refractivity contribution in [3.63, 3.8) is 0 Å². The standard InChI is InChI=1S/C12H24N2/c1-5-14-10-6-8(10)9(7-13)11(14)12(2,3)4/h8-11H,5-7,13H2,1-4H3/t8-,9-,10?,11?/m1/s1. The summed E-state index contributed by atoms with van der Waals surface area (Å²) in [7, 11) is 0. The molecule has 2 nitrogen and oxygen atoms in total. The van der Waals surface area contributed by atoms with Gasteiger partial charge in [-0.1, -0.05) is 27.7 Å². The zero-order valence-corrected chi connectivity index (χ0v) is 9.96. The molecule has 1 aliphatic carbocycles. The third kappa shape index (κ3) is 1.40. The van der Waals surface area contributed by atoms with Crippen LogP contribution in [0.3, 0.4) is 0 Å². The minimum absolute atomic E-state index is 0.382. The number of hydrogen-bond donors (Lipinski definition) is 1. The van der Waals surface area contributed by atoms with E-state index in [1.165, 1.54) is 13.0 Å². The highest BCUT2D eigenvalue weighted by molar-refractivity contribution is 5.13. The number of nitrogens with two attached hydrogens (primary N) is 1. The maximum absolute atomic E-state index is 5.93. The van der Waals surface area contributed by atoms with Crippen LogP contribution in [0.15, 0.2) is 0 Å². The van der Waals surface area contributed by atoms with E-state index in [0.29, 0.717) is 11.5 Å². The predicted octanol–water partition coefficient (Wildman–Crippen LogP) is 1.70. The first-order chi connectivity index (χ1) is 6.50. The highest BCUT2D eigenvalue weighted by Gasteiger charge is 2.59. The quantitative estimate of drug-likeness (QED) is 0.728. The van der Waals surface area contributed by atoms with E-state index in [1.807, 2.05) is 0 Å². The minimum Gasteiger partial charge on any atom is -0.330 e. The maximum Gasteiger partial charge on any atom is 0.0190 e. The van der Waals surface area contributed by atoms with Gasteiger partial charge in [-0.2, -0.15) is 0 Å². The monoisotopic (exact) mass is 196 g/mol. The molecule has 0 aromatic rings. The van der Waals surface area contributed by atoms with E-state index in [1.54, 1.807) is 0 Å². The van der Waals surface area contributed by atoms with Crippen LogP contribution in [-0.2, 0) is 0 Å². The van der Waals surface area contributed by atoms with Gasteiger partial charge in [-0.15, -0.1) is 0 Å². The lowest BCUT2D eigenvalue weighted by atomic mass is 9.78. The Labute approximate surface area is 87.8 Å². The van der Waals surface area contributed by atoms with Crippen LogP contribution in [0.5, 0.6) is 0 Å². The molecule has 0 aromatic carbocycles. The molecule has 4 atom stereocenters. The average molecular weight is 196 g/mol. The lowest BCUT2D eigenvalue weighted by molar-refractivity contribution is 0.0893. The Bertz CT molecular complexity index is 203. The maximum atomic E-state index is 5.93. The van der Waals surface area contributed by atoms with Crippen molar-refractivity contribution in [2.75, 3.05) is 13.1 Å². The van der Waals surface area contributed by atoms with Crippen molar-refractivity contribution in [3.05, 3.63) is 0 Å². The molecule has 0 amide bonds. The number of likely N-dealkylation sites (tertiary alicyclic amines) is 1. The second kappa shape index (κ2) is 3.21. The van der Waals surface area contributed by atoms with Gasteiger partial charge < -0.3 is 5.73 Å². The highest BCUT2D eigenvalue weighted by atomic mass is 15.3. The fourth-order valence-corrected chi connectivity index (χ4v) is 3.60. The summed E-state index contributed by atoms with van der Waals surface area (Å²) in [6, 6.07) is 1.58. The van der Waals surface area contributed by atoms with Crippen LogP contribution in [-0.4, -0.2) is 30.1 Å². The Morgan fingerprint density at radius 3 is 2.43 bits per heavy atom. The summed E-state index contributed by atoms with van der Waals surface area (Å²) < 4.78 is 0. The molecule has 2 heteroatoms. The van der Waals surface area contributed by atoms with Crippen LogP contribution in [0, 0.1) is 17.3 Å². The normalized spacial score (nSPS) is 42.6. The Kier molecular flexibility index (Phi) is 2.39. The first-order valence-corrected chi connectivity index (χ1v) is 5.96. The topological polar surface area (TPSA) is 29.3 Å². The van der Waals surface area contributed by atoms with Gasteiger partial charge in [0.25, 0.3) is 0 Å². The van der Waals surface area contributed by atoms with Crippen LogP contribution in [0.4, 0.5) is 0 Å². The minimum atomic E-state index is 0.382. The van der Waals surface area contributed by atoms with E-state index in [9.17, 15) is 0 Å². The van der Waals surface area contributed by atoms with Crippen molar-refractivity contribution >= 4 is 0 Å². The van der Waals surface area contributed by atoms with Crippen molar-refractivity contribution in [3.8, 4) is 0 Å². The summed E-state index contributed by atoms with van der Waals surface area (Å²) in [5, 5.41) is 0. The van der Waals surface area contributed by atoms with Gasteiger partial charge in [0.05, 0.1) is 0 Å². The van der Waals surface area contributed by atoms with E-state index in [-0.39, 0.29) is 0 Å². The Balaban J connectivity index is 2.19. The molecule has 2 aliphatic rings. The van der Waals surface area contributed by atoms with Gasteiger partial charge in [-0.05, 0) is 36.8 Å². The van der Waals surface area contributed by atoms with Gasteiger partial charge in [0.1, 0.15) is 0 Å². The van der Waals surface area contributed by atoms with Crippen LogP contribution >= 0.6 is 0 Å². The largest absolute Gasteiger partial charge is 0.330 e. The van der Waals surface area contributed by atoms with E-state index < -0.39 is 0 Å². The number of hydrogen-bond acceptors (Lipinski definition) is 2. The van der Waals surface area contributed by atoms with Crippen LogP contribution in [0.1, 0.15) is 34.1 Å². The number of fused-ring (bicyclic) bond motifs is 1. The first kappa shape index (κ1) is 10.4. The van der Waals surface area contributed by atoms with Gasteiger partial charge in [-0.3, -0.25) is 4.90 Å². The molecule has 1 aliphatic heterocycles. The van der Waals surface area contributed by atoms with Crippen molar-refractivity contribution in [1.29, 1.82) is 0 Å². The summed E-state index contributed by atoms with van der Waals surface area (Å²) in [6.45, 7) is 11.4. The zero-order valence-electron chi connectivity index (χ0n) is 9.96. The molecular weight excluding hydrogens is 172 g/mol. The lowest BCUT2D eigenvalue weighted by Crippen LogP contribution is -2.47. The summed E-state index contributed by atoms with van der Waals surface area (Å²) in [4.78, 5) is 2.70. The summed E-state index contributed by atoms with van der Waals surface area (Å²) in [5.74, 6) is 1.67. The lowest BCUT2D eigenvalue weighted by Gasteiger charge is -2.40. The van der Waals surface area contributed by atoms with Crippen LogP contribution in [0.25, 0.3) is 0 Å². The molecule has 2 N–H and O–H groups in total. The van der Waals surface area contributed by atoms with Crippen LogP contribution < -0.4 is 5.73 Å². The second-order valence-electron chi connectivity index (χ2n) is 6.01. The average Bonchev–Trinajstić information content (AvgIpc) is 2.79. The van der Waals surface area contributed by atoms with E-state index in [0.717, 1.165) is 24.4 Å². The van der Waals surface area contributed by atoms with Crippen molar-refractivity contribution in [2.24, 2.45) is 23.0 Å². The zero-order chi connectivity index (χ0) is 10.5. The highest BCUT2D eigenvalue weighted by Crippen LogP contribution is 2.55. The van der Waals surface area contributed by atoms with E-state index in [4.69, 9.17) is 5.73 Å². The van der Waals surface area contributed by atoms with Crippen molar-refractivity contribution in [2.45, 2.75) is 46.2 Å². The molecule has 0 bridgehead atoms. The Hall–Kier alpha value is -0.0800. The third-order valence-corrected chi connectivity index (χ3v) is 4.07. The summed E-state index contributed by atoms with van der Waals surface area (Å²) in [6.07, 6.45) is 1.41. The molecule has 0 spiro atoms. The number of rotatable bonds is 2. The van der Waals surface area contributed by atoms with E-state index >= 15 is 0 Å². The van der Waals surface area contributed by atoms with Crippen molar-refractivity contribution in [1.82, 2.24) is 4.90 Å². The molecular formula is C12H24N2. The molecule has 14 heavy (non-hydrogen) atoms.